The summed E-state index contributed by atoms with van der Waals surface area (Å²) in [5, 5.41) is 0. The minimum Gasteiger partial charge on any atom is -0.465 e. The van der Waals surface area contributed by atoms with Crippen molar-refractivity contribution in [3.63, 3.8) is 0 Å². The van der Waals surface area contributed by atoms with Crippen LogP contribution in [0.4, 0.5) is 0 Å². The van der Waals surface area contributed by atoms with Gasteiger partial charge >= 0.3 is 5.97 Å². The predicted octanol–water partition coefficient (Wildman–Crippen LogP) is 3.78. The third-order valence-corrected chi connectivity index (χ3v) is 2.86. The maximum atomic E-state index is 12.0. The molecule has 2 aromatic rings. The van der Waals surface area contributed by atoms with Gasteiger partial charge in [0, 0.05) is 0 Å². The van der Waals surface area contributed by atoms with Gasteiger partial charge in [-0.25, -0.2) is 4.79 Å². The summed E-state index contributed by atoms with van der Waals surface area (Å²) in [6.07, 6.45) is 0. The van der Waals surface area contributed by atoms with E-state index in [9.17, 15) is 4.79 Å². The van der Waals surface area contributed by atoms with E-state index in [0.29, 0.717) is 11.5 Å². The van der Waals surface area contributed by atoms with Gasteiger partial charge < -0.3 is 9.47 Å². The maximum Gasteiger partial charge on any atom is 0.366 e. The molecule has 0 N–H and O–H groups in total. The molecule has 0 aromatic heterocycles. The highest BCUT2D eigenvalue weighted by Gasteiger charge is 2.34. The minimum absolute atomic E-state index is 0.481. The van der Waals surface area contributed by atoms with Crippen molar-refractivity contribution in [2.75, 3.05) is 0 Å². The lowest BCUT2D eigenvalue weighted by molar-refractivity contribution is -0.143. The van der Waals surface area contributed by atoms with Crippen LogP contribution in [0.2, 0.25) is 0 Å². The van der Waals surface area contributed by atoms with E-state index in [1.807, 2.05) is 24.3 Å². The van der Waals surface area contributed by atoms with Gasteiger partial charge in [-0.05, 0) is 47.1 Å². The molecule has 0 spiro atoms. The maximum absolute atomic E-state index is 12.0. The summed E-state index contributed by atoms with van der Waals surface area (Å²) >= 11 is 3.24. The second-order valence-corrected chi connectivity index (χ2v) is 5.55. The third kappa shape index (κ3) is 3.83. The van der Waals surface area contributed by atoms with Crippen LogP contribution in [0.5, 0.6) is 11.5 Å². The molecule has 0 aliphatic carbocycles. The van der Waals surface area contributed by atoms with Crippen LogP contribution in [-0.2, 0) is 4.79 Å². The van der Waals surface area contributed by atoms with Crippen LogP contribution in [0.15, 0.2) is 60.7 Å². The van der Waals surface area contributed by atoms with Gasteiger partial charge in [0.1, 0.15) is 11.5 Å². The molecule has 0 aliphatic rings. The van der Waals surface area contributed by atoms with E-state index in [1.165, 1.54) is 0 Å². The number of carbonyl (C=O) groups is 1. The zero-order valence-electron chi connectivity index (χ0n) is 10.4. The Morgan fingerprint density at radius 3 is 1.95 bits per heavy atom. The molecule has 1 atom stereocenters. The molecule has 3 nitrogen and oxygen atoms in total. The first-order valence-electron chi connectivity index (χ1n) is 5.78. The first-order chi connectivity index (χ1) is 9.08. The van der Waals surface area contributed by atoms with Crippen molar-refractivity contribution in [2.45, 2.75) is 11.4 Å². The summed E-state index contributed by atoms with van der Waals surface area (Å²) in [6, 6.07) is 18.0. The summed E-state index contributed by atoms with van der Waals surface area (Å²) in [7, 11) is 0. The number of hydrogen-bond donors (Lipinski definition) is 0. The molecule has 0 heterocycles. The standard InChI is InChI=1S/C15H13BrO3/c1-15(16,19-13-10-6-3-7-11-13)14(17)18-12-8-4-2-5-9-12/h2-11H,1H3. The van der Waals surface area contributed by atoms with Crippen LogP contribution in [0, 0.1) is 0 Å². The first kappa shape index (κ1) is 13.6. The molecule has 2 aromatic carbocycles. The van der Waals surface area contributed by atoms with Crippen molar-refractivity contribution < 1.29 is 14.3 Å². The zero-order valence-corrected chi connectivity index (χ0v) is 12.0. The smallest absolute Gasteiger partial charge is 0.366 e. The van der Waals surface area contributed by atoms with Crippen LogP contribution in [-0.4, -0.2) is 10.5 Å². The Morgan fingerprint density at radius 2 is 1.42 bits per heavy atom. The monoisotopic (exact) mass is 320 g/mol. The normalized spacial score (nSPS) is 13.4. The molecule has 0 radical (unpaired) electrons. The summed E-state index contributed by atoms with van der Waals surface area (Å²) in [6.45, 7) is 1.60. The summed E-state index contributed by atoms with van der Waals surface area (Å²) in [5.74, 6) is 0.560. The highest BCUT2D eigenvalue weighted by molar-refractivity contribution is 9.10. The fraction of sp³-hybridized carbons (Fsp3) is 0.133. The van der Waals surface area contributed by atoms with Gasteiger partial charge in [-0.15, -0.1) is 0 Å². The number of ether oxygens (including phenoxy) is 2. The largest absolute Gasteiger partial charge is 0.465 e. The average molecular weight is 321 g/mol. The third-order valence-electron chi connectivity index (χ3n) is 2.37. The van der Waals surface area contributed by atoms with E-state index in [2.05, 4.69) is 15.9 Å². The van der Waals surface area contributed by atoms with Gasteiger partial charge in [0.15, 0.2) is 0 Å². The number of carbonyl (C=O) groups excluding carboxylic acids is 1. The van der Waals surface area contributed by atoms with Gasteiger partial charge in [0.2, 0.25) is 0 Å². The molecule has 0 bridgehead atoms. The van der Waals surface area contributed by atoms with Gasteiger partial charge in [-0.1, -0.05) is 36.4 Å². The quantitative estimate of drug-likeness (QED) is 0.488. The number of halogens is 1. The number of hydrogen-bond acceptors (Lipinski definition) is 3. The lowest BCUT2D eigenvalue weighted by Gasteiger charge is -2.22. The molecule has 98 valence electrons. The SMILES string of the molecule is CC(Br)(Oc1ccccc1)C(=O)Oc1ccccc1. The molecule has 0 aliphatic heterocycles. The van der Waals surface area contributed by atoms with E-state index in [0.717, 1.165) is 0 Å². The first-order valence-corrected chi connectivity index (χ1v) is 6.57. The van der Waals surface area contributed by atoms with Crippen molar-refractivity contribution in [3.05, 3.63) is 60.7 Å². The molecule has 2 rings (SSSR count). The summed E-state index contributed by atoms with van der Waals surface area (Å²) < 4.78 is 9.59. The topological polar surface area (TPSA) is 35.5 Å². The number of para-hydroxylation sites is 2. The molecule has 0 fully saturated rings. The Kier molecular flexibility index (Phi) is 4.22. The van der Waals surface area contributed by atoms with E-state index >= 15 is 0 Å². The Hall–Kier alpha value is -1.81. The second kappa shape index (κ2) is 5.89. The van der Waals surface area contributed by atoms with E-state index in [1.54, 1.807) is 43.3 Å². The van der Waals surface area contributed by atoms with Crippen molar-refractivity contribution in [3.8, 4) is 11.5 Å². The fourth-order valence-electron chi connectivity index (χ4n) is 1.44. The van der Waals surface area contributed by atoms with Crippen molar-refractivity contribution in [1.29, 1.82) is 0 Å². The number of esters is 1. The lowest BCUT2D eigenvalue weighted by Crippen LogP contribution is -2.38. The van der Waals surface area contributed by atoms with Crippen LogP contribution in [0.3, 0.4) is 0 Å². The lowest BCUT2D eigenvalue weighted by atomic mass is 10.3. The molecular weight excluding hydrogens is 308 g/mol. The number of benzene rings is 2. The van der Waals surface area contributed by atoms with Crippen LogP contribution >= 0.6 is 15.9 Å². The van der Waals surface area contributed by atoms with E-state index in [-0.39, 0.29) is 0 Å². The summed E-state index contributed by atoms with van der Waals surface area (Å²) in [5.41, 5.74) is 0. The van der Waals surface area contributed by atoms with Crippen molar-refractivity contribution in [2.24, 2.45) is 0 Å². The minimum atomic E-state index is -1.23. The van der Waals surface area contributed by atoms with Crippen LogP contribution in [0.1, 0.15) is 6.92 Å². The molecule has 4 heteroatoms. The van der Waals surface area contributed by atoms with Crippen LogP contribution < -0.4 is 9.47 Å². The fourth-order valence-corrected chi connectivity index (χ4v) is 1.71. The predicted molar refractivity (Wildman–Crippen MR) is 76.5 cm³/mol. The van der Waals surface area contributed by atoms with Gasteiger partial charge in [0.05, 0.1) is 0 Å². The number of alkyl halides is 1. The highest BCUT2D eigenvalue weighted by Crippen LogP contribution is 2.25. The van der Waals surface area contributed by atoms with Gasteiger partial charge in [0.25, 0.3) is 4.51 Å². The van der Waals surface area contributed by atoms with Gasteiger partial charge in [-0.2, -0.15) is 0 Å². The Morgan fingerprint density at radius 1 is 0.947 bits per heavy atom. The molecule has 0 saturated carbocycles. The Labute approximate surface area is 120 Å². The second-order valence-electron chi connectivity index (χ2n) is 4.03. The molecule has 19 heavy (non-hydrogen) atoms. The van der Waals surface area contributed by atoms with E-state index < -0.39 is 10.5 Å². The highest BCUT2D eigenvalue weighted by atomic mass is 79.9. The summed E-state index contributed by atoms with van der Waals surface area (Å²) in [4.78, 5) is 12.0. The Balaban J connectivity index is 2.05. The molecule has 0 saturated heterocycles. The van der Waals surface area contributed by atoms with Crippen LogP contribution in [0.25, 0.3) is 0 Å². The average Bonchev–Trinajstić information content (AvgIpc) is 2.40. The zero-order chi connectivity index (χ0) is 13.7. The number of rotatable bonds is 4. The Bertz CT molecular complexity index is 538. The van der Waals surface area contributed by atoms with Crippen molar-refractivity contribution in [1.82, 2.24) is 0 Å². The van der Waals surface area contributed by atoms with Gasteiger partial charge in [-0.3, -0.25) is 0 Å². The van der Waals surface area contributed by atoms with Crippen molar-refractivity contribution >= 4 is 21.9 Å². The molecular formula is C15H13BrO3. The molecule has 0 amide bonds. The van der Waals surface area contributed by atoms with E-state index in [4.69, 9.17) is 9.47 Å². The molecule has 1 unspecified atom stereocenters.